The number of hydrogen-bond donors (Lipinski definition) is 3. The van der Waals surface area contributed by atoms with E-state index in [0.717, 1.165) is 32.2 Å². The van der Waals surface area contributed by atoms with Gasteiger partial charge in [-0.15, -0.1) is 0 Å². The van der Waals surface area contributed by atoms with Gasteiger partial charge in [0.05, 0.1) is 13.2 Å². The van der Waals surface area contributed by atoms with Crippen molar-refractivity contribution < 1.29 is 19.1 Å². The summed E-state index contributed by atoms with van der Waals surface area (Å²) in [6.45, 7) is 1.55. The Morgan fingerprint density at radius 3 is 2.80 bits per heavy atom. The van der Waals surface area contributed by atoms with Crippen LogP contribution in [0.4, 0.5) is 0 Å². The molecule has 3 rings (SSSR count). The van der Waals surface area contributed by atoms with E-state index in [2.05, 4.69) is 16.0 Å². The van der Waals surface area contributed by atoms with Gasteiger partial charge in [-0.05, 0) is 50.5 Å². The Kier molecular flexibility index (Phi) is 5.93. The molecule has 140 valence electrons. The molecule has 1 aliphatic carbocycles. The molecular formula is C18H29N3O4. The van der Waals surface area contributed by atoms with Crippen LogP contribution in [-0.4, -0.2) is 50.1 Å². The van der Waals surface area contributed by atoms with Crippen molar-refractivity contribution in [2.45, 2.75) is 57.0 Å². The second kappa shape index (κ2) is 8.17. The van der Waals surface area contributed by atoms with E-state index >= 15 is 0 Å². The Labute approximate surface area is 148 Å². The maximum absolute atomic E-state index is 12.8. The van der Waals surface area contributed by atoms with Crippen LogP contribution < -0.4 is 16.0 Å². The number of ether oxygens (including phenoxy) is 1. The van der Waals surface area contributed by atoms with E-state index in [0.29, 0.717) is 24.8 Å². The first-order valence-corrected chi connectivity index (χ1v) is 9.49. The summed E-state index contributed by atoms with van der Waals surface area (Å²) in [5.74, 6) is -0.000915. The smallest absolute Gasteiger partial charge is 0.328 e. The predicted molar refractivity (Wildman–Crippen MR) is 91.5 cm³/mol. The molecule has 1 unspecified atom stereocenters. The molecule has 0 radical (unpaired) electrons. The van der Waals surface area contributed by atoms with E-state index in [1.165, 1.54) is 20.0 Å². The van der Waals surface area contributed by atoms with Gasteiger partial charge in [-0.1, -0.05) is 12.8 Å². The minimum Gasteiger partial charge on any atom is -0.467 e. The molecule has 0 aromatic heterocycles. The Morgan fingerprint density at radius 2 is 2.04 bits per heavy atom. The molecule has 7 heteroatoms. The quantitative estimate of drug-likeness (QED) is 0.621. The number of fused-ring (bicyclic) bond motifs is 1. The third-order valence-electron chi connectivity index (χ3n) is 6.00. The molecule has 2 amide bonds. The standard InChI is InChI=1S/C18H29N3O4/c1-25-18(24)14(9-11-6-4-8-19-16(11)22)21-17(23)15-13-7-3-2-5-12(13)10-20-15/h11-15,20H,2-10H2,1H3,(H,19,22)(H,21,23)/t11-,12-,13?,14-,15-/m0/s1. The van der Waals surface area contributed by atoms with E-state index < -0.39 is 12.0 Å². The number of nitrogens with one attached hydrogen (secondary N) is 3. The minimum atomic E-state index is -0.768. The Morgan fingerprint density at radius 1 is 1.24 bits per heavy atom. The molecule has 25 heavy (non-hydrogen) atoms. The first kappa shape index (κ1) is 18.2. The summed E-state index contributed by atoms with van der Waals surface area (Å²) in [5.41, 5.74) is 0. The largest absolute Gasteiger partial charge is 0.467 e. The molecule has 0 spiro atoms. The third-order valence-corrected chi connectivity index (χ3v) is 6.00. The number of amides is 2. The van der Waals surface area contributed by atoms with Crippen LogP contribution in [-0.2, 0) is 19.1 Å². The summed E-state index contributed by atoms with van der Waals surface area (Å²) >= 11 is 0. The second-order valence-corrected chi connectivity index (χ2v) is 7.54. The summed E-state index contributed by atoms with van der Waals surface area (Å²) < 4.78 is 4.85. The zero-order chi connectivity index (χ0) is 17.8. The highest BCUT2D eigenvalue weighted by Crippen LogP contribution is 2.36. The fourth-order valence-electron chi connectivity index (χ4n) is 4.61. The SMILES string of the molecule is COC(=O)[C@H](C[C@@H]1CCCNC1=O)NC(=O)[C@H]1NC[C@@H]2CCCCC21. The van der Waals surface area contributed by atoms with Crippen LogP contribution >= 0.6 is 0 Å². The fourth-order valence-corrected chi connectivity index (χ4v) is 4.61. The Hall–Kier alpha value is -1.63. The topological polar surface area (TPSA) is 96.5 Å². The molecule has 0 bridgehead atoms. The van der Waals surface area contributed by atoms with Gasteiger partial charge in [0.15, 0.2) is 0 Å². The molecule has 3 N–H and O–H groups in total. The number of carbonyl (C=O) groups is 3. The van der Waals surface area contributed by atoms with Gasteiger partial charge >= 0.3 is 5.97 Å². The van der Waals surface area contributed by atoms with Gasteiger partial charge in [0.25, 0.3) is 0 Å². The number of piperidine rings is 1. The number of esters is 1. The average molecular weight is 351 g/mol. The molecule has 2 aliphatic heterocycles. The van der Waals surface area contributed by atoms with E-state index in [1.807, 2.05) is 0 Å². The van der Waals surface area contributed by atoms with Gasteiger partial charge in [-0.3, -0.25) is 9.59 Å². The minimum absolute atomic E-state index is 0.0410. The maximum Gasteiger partial charge on any atom is 0.328 e. The average Bonchev–Trinajstić information content (AvgIpc) is 3.06. The first-order valence-electron chi connectivity index (χ1n) is 9.49. The highest BCUT2D eigenvalue weighted by atomic mass is 16.5. The summed E-state index contributed by atoms with van der Waals surface area (Å²) in [6.07, 6.45) is 6.56. The van der Waals surface area contributed by atoms with Crippen molar-refractivity contribution in [3.05, 3.63) is 0 Å². The third kappa shape index (κ3) is 4.14. The molecule has 5 atom stereocenters. The number of methoxy groups -OCH3 is 1. The van der Waals surface area contributed by atoms with Gasteiger partial charge in [-0.25, -0.2) is 4.79 Å². The maximum atomic E-state index is 12.8. The second-order valence-electron chi connectivity index (χ2n) is 7.54. The van der Waals surface area contributed by atoms with Crippen LogP contribution in [0.25, 0.3) is 0 Å². The van der Waals surface area contributed by atoms with E-state index in [4.69, 9.17) is 4.74 Å². The molecule has 3 fully saturated rings. The zero-order valence-corrected chi connectivity index (χ0v) is 14.9. The van der Waals surface area contributed by atoms with Crippen molar-refractivity contribution >= 4 is 17.8 Å². The highest BCUT2D eigenvalue weighted by molar-refractivity contribution is 5.88. The van der Waals surface area contributed by atoms with Crippen LogP contribution in [0.3, 0.4) is 0 Å². The van der Waals surface area contributed by atoms with Gasteiger partial charge < -0.3 is 20.7 Å². The van der Waals surface area contributed by atoms with Gasteiger partial charge in [0.2, 0.25) is 11.8 Å². The molecule has 2 saturated heterocycles. The molecule has 7 nitrogen and oxygen atoms in total. The monoisotopic (exact) mass is 351 g/mol. The lowest BCUT2D eigenvalue weighted by Gasteiger charge is -2.29. The molecule has 2 heterocycles. The number of carbonyl (C=O) groups excluding carboxylic acids is 3. The Balaban J connectivity index is 1.62. The molecule has 0 aromatic carbocycles. The molecular weight excluding hydrogens is 322 g/mol. The van der Waals surface area contributed by atoms with Crippen LogP contribution in [0.1, 0.15) is 44.9 Å². The van der Waals surface area contributed by atoms with E-state index in [9.17, 15) is 14.4 Å². The fraction of sp³-hybridized carbons (Fsp3) is 0.833. The predicted octanol–water partition coefficient (Wildman–Crippen LogP) is 0.339. The van der Waals surface area contributed by atoms with Gasteiger partial charge in [0.1, 0.15) is 6.04 Å². The molecule has 3 aliphatic rings. The summed E-state index contributed by atoms with van der Waals surface area (Å²) in [7, 11) is 1.31. The summed E-state index contributed by atoms with van der Waals surface area (Å²) in [6, 6.07) is -1.01. The lowest BCUT2D eigenvalue weighted by Crippen LogP contribution is -2.52. The summed E-state index contributed by atoms with van der Waals surface area (Å²) in [4.78, 5) is 36.9. The summed E-state index contributed by atoms with van der Waals surface area (Å²) in [5, 5.41) is 9.01. The van der Waals surface area contributed by atoms with Crippen LogP contribution in [0.15, 0.2) is 0 Å². The molecule has 0 aromatic rings. The van der Waals surface area contributed by atoms with Crippen LogP contribution in [0.5, 0.6) is 0 Å². The normalized spacial score (nSPS) is 33.1. The van der Waals surface area contributed by atoms with Crippen molar-refractivity contribution in [2.75, 3.05) is 20.2 Å². The van der Waals surface area contributed by atoms with Crippen LogP contribution in [0.2, 0.25) is 0 Å². The number of rotatable bonds is 5. The Bertz CT molecular complexity index is 524. The van der Waals surface area contributed by atoms with E-state index in [1.54, 1.807) is 0 Å². The van der Waals surface area contributed by atoms with Crippen LogP contribution in [0, 0.1) is 17.8 Å². The highest BCUT2D eigenvalue weighted by Gasteiger charge is 2.42. The lowest BCUT2D eigenvalue weighted by molar-refractivity contribution is -0.146. The lowest BCUT2D eigenvalue weighted by atomic mass is 9.78. The van der Waals surface area contributed by atoms with E-state index in [-0.39, 0.29) is 23.8 Å². The van der Waals surface area contributed by atoms with Crippen molar-refractivity contribution in [3.63, 3.8) is 0 Å². The van der Waals surface area contributed by atoms with Gasteiger partial charge in [-0.2, -0.15) is 0 Å². The van der Waals surface area contributed by atoms with Crippen molar-refractivity contribution in [2.24, 2.45) is 17.8 Å². The van der Waals surface area contributed by atoms with Crippen molar-refractivity contribution in [3.8, 4) is 0 Å². The zero-order valence-electron chi connectivity index (χ0n) is 14.9. The first-order chi connectivity index (χ1) is 12.1. The van der Waals surface area contributed by atoms with Gasteiger partial charge in [0, 0.05) is 12.5 Å². The number of hydrogen-bond acceptors (Lipinski definition) is 5. The molecule has 1 saturated carbocycles. The van der Waals surface area contributed by atoms with Crippen molar-refractivity contribution in [1.29, 1.82) is 0 Å². The van der Waals surface area contributed by atoms with Crippen molar-refractivity contribution in [1.82, 2.24) is 16.0 Å².